The Morgan fingerprint density at radius 1 is 1.52 bits per heavy atom. The zero-order chi connectivity index (χ0) is 15.2. The molecule has 1 amide bonds. The average Bonchev–Trinajstić information content (AvgIpc) is 2.99. The van der Waals surface area contributed by atoms with Gasteiger partial charge in [0.1, 0.15) is 0 Å². The average molecular weight is 294 g/mol. The fourth-order valence-corrected chi connectivity index (χ4v) is 2.27. The monoisotopic (exact) mass is 294 g/mol. The highest BCUT2D eigenvalue weighted by molar-refractivity contribution is 6.00. The summed E-state index contributed by atoms with van der Waals surface area (Å²) in [6.45, 7) is 1.22. The Bertz CT molecular complexity index is 529. The number of ether oxygens (including phenoxy) is 1. The van der Waals surface area contributed by atoms with Gasteiger partial charge < -0.3 is 15.5 Å². The van der Waals surface area contributed by atoms with E-state index in [-0.39, 0.29) is 17.4 Å². The first-order valence-electron chi connectivity index (χ1n) is 6.76. The summed E-state index contributed by atoms with van der Waals surface area (Å²) in [5.74, 6) is 4.92. The number of nitrogens with one attached hydrogen (secondary N) is 2. The van der Waals surface area contributed by atoms with Crippen molar-refractivity contribution in [2.24, 2.45) is 5.84 Å². The summed E-state index contributed by atoms with van der Waals surface area (Å²) < 4.78 is 5.46. The molecule has 2 rings (SSSR count). The number of nitro benzene ring substituents is 1. The molecule has 8 heteroatoms. The summed E-state index contributed by atoms with van der Waals surface area (Å²) in [6, 6.07) is 3.90. The standard InChI is InChI=1S/C13H18N4O4/c14-16-12-4-3-9(17(19)20)8-11(12)13(18)15-6-5-10-2-1-7-21-10/h3-4,8,10,16H,1-2,5-7,14H2,(H,15,18). The fraction of sp³-hybridized carbons (Fsp3) is 0.462. The van der Waals surface area contributed by atoms with Gasteiger partial charge in [-0.3, -0.25) is 20.8 Å². The number of rotatable bonds is 6. The predicted octanol–water partition coefficient (Wildman–Crippen LogP) is 1.18. The van der Waals surface area contributed by atoms with Crippen molar-refractivity contribution in [3.8, 4) is 0 Å². The zero-order valence-electron chi connectivity index (χ0n) is 11.5. The normalized spacial score (nSPS) is 17.5. The Balaban J connectivity index is 1.99. The van der Waals surface area contributed by atoms with Crippen LogP contribution < -0.4 is 16.6 Å². The van der Waals surface area contributed by atoms with Crippen LogP contribution in [0, 0.1) is 10.1 Å². The lowest BCUT2D eigenvalue weighted by atomic mass is 10.1. The Hall–Kier alpha value is -2.19. The van der Waals surface area contributed by atoms with Gasteiger partial charge in [-0.1, -0.05) is 0 Å². The first-order chi connectivity index (χ1) is 10.1. The van der Waals surface area contributed by atoms with Crippen molar-refractivity contribution in [1.82, 2.24) is 5.32 Å². The Kier molecular flexibility index (Phi) is 5.07. The molecule has 1 saturated heterocycles. The first-order valence-corrected chi connectivity index (χ1v) is 6.76. The topological polar surface area (TPSA) is 120 Å². The molecule has 1 heterocycles. The molecule has 1 atom stereocenters. The molecule has 1 aliphatic heterocycles. The molecule has 0 spiro atoms. The van der Waals surface area contributed by atoms with E-state index in [1.165, 1.54) is 18.2 Å². The second kappa shape index (κ2) is 7.00. The van der Waals surface area contributed by atoms with Gasteiger partial charge in [0.05, 0.1) is 22.3 Å². The number of nitrogens with two attached hydrogens (primary N) is 1. The number of benzene rings is 1. The number of nitro groups is 1. The van der Waals surface area contributed by atoms with Crippen LogP contribution in [0.15, 0.2) is 18.2 Å². The van der Waals surface area contributed by atoms with Crippen LogP contribution in [0.4, 0.5) is 11.4 Å². The maximum atomic E-state index is 12.1. The van der Waals surface area contributed by atoms with E-state index in [0.29, 0.717) is 12.2 Å². The van der Waals surface area contributed by atoms with Crippen molar-refractivity contribution in [2.75, 3.05) is 18.6 Å². The minimum absolute atomic E-state index is 0.152. The summed E-state index contributed by atoms with van der Waals surface area (Å²) in [5.41, 5.74) is 2.71. The van der Waals surface area contributed by atoms with E-state index >= 15 is 0 Å². The molecule has 1 aromatic carbocycles. The second-order valence-corrected chi connectivity index (χ2v) is 4.81. The number of carbonyl (C=O) groups is 1. The maximum absolute atomic E-state index is 12.1. The van der Waals surface area contributed by atoms with E-state index < -0.39 is 10.8 Å². The van der Waals surface area contributed by atoms with Crippen LogP contribution in [0.25, 0.3) is 0 Å². The highest BCUT2D eigenvalue weighted by Crippen LogP contribution is 2.21. The molecule has 21 heavy (non-hydrogen) atoms. The molecule has 4 N–H and O–H groups in total. The quantitative estimate of drug-likeness (QED) is 0.411. The van der Waals surface area contributed by atoms with Crippen molar-refractivity contribution in [3.63, 3.8) is 0 Å². The molecule has 8 nitrogen and oxygen atoms in total. The van der Waals surface area contributed by atoms with E-state index in [1.54, 1.807) is 0 Å². The van der Waals surface area contributed by atoms with E-state index in [1.807, 2.05) is 0 Å². The highest BCUT2D eigenvalue weighted by atomic mass is 16.6. The van der Waals surface area contributed by atoms with Crippen molar-refractivity contribution < 1.29 is 14.5 Å². The van der Waals surface area contributed by atoms with Gasteiger partial charge in [-0.2, -0.15) is 0 Å². The molecule has 0 bridgehead atoms. The van der Waals surface area contributed by atoms with E-state index in [4.69, 9.17) is 10.6 Å². The van der Waals surface area contributed by atoms with Gasteiger partial charge in [0.15, 0.2) is 0 Å². The number of hydrogen-bond donors (Lipinski definition) is 3. The Morgan fingerprint density at radius 3 is 2.95 bits per heavy atom. The number of non-ortho nitro benzene ring substituents is 1. The largest absolute Gasteiger partial charge is 0.378 e. The van der Waals surface area contributed by atoms with Gasteiger partial charge in [0.25, 0.3) is 11.6 Å². The van der Waals surface area contributed by atoms with E-state index in [9.17, 15) is 14.9 Å². The summed E-state index contributed by atoms with van der Waals surface area (Å²) >= 11 is 0. The molecule has 1 aliphatic rings. The Morgan fingerprint density at radius 2 is 2.33 bits per heavy atom. The van der Waals surface area contributed by atoms with Crippen LogP contribution in [-0.2, 0) is 4.74 Å². The van der Waals surface area contributed by atoms with Crippen LogP contribution in [0.5, 0.6) is 0 Å². The minimum atomic E-state index is -0.552. The third-order valence-electron chi connectivity index (χ3n) is 3.39. The summed E-state index contributed by atoms with van der Waals surface area (Å²) in [4.78, 5) is 22.3. The van der Waals surface area contributed by atoms with Crippen LogP contribution >= 0.6 is 0 Å². The number of nitrogen functional groups attached to an aromatic ring is 1. The van der Waals surface area contributed by atoms with Crippen molar-refractivity contribution >= 4 is 17.3 Å². The number of carbonyl (C=O) groups excluding carboxylic acids is 1. The third-order valence-corrected chi connectivity index (χ3v) is 3.39. The van der Waals surface area contributed by atoms with E-state index in [0.717, 1.165) is 25.9 Å². The highest BCUT2D eigenvalue weighted by Gasteiger charge is 2.18. The van der Waals surface area contributed by atoms with Crippen molar-refractivity contribution in [3.05, 3.63) is 33.9 Å². The van der Waals surface area contributed by atoms with Gasteiger partial charge in [-0.25, -0.2) is 0 Å². The Labute approximate surface area is 121 Å². The molecule has 1 fully saturated rings. The predicted molar refractivity (Wildman–Crippen MR) is 76.8 cm³/mol. The molecule has 114 valence electrons. The second-order valence-electron chi connectivity index (χ2n) is 4.81. The van der Waals surface area contributed by atoms with Gasteiger partial charge in [-0.05, 0) is 25.3 Å². The van der Waals surface area contributed by atoms with Crippen LogP contribution in [0.1, 0.15) is 29.6 Å². The number of amides is 1. The lowest BCUT2D eigenvalue weighted by molar-refractivity contribution is -0.384. The summed E-state index contributed by atoms with van der Waals surface area (Å²) in [5, 5.41) is 13.5. The van der Waals surface area contributed by atoms with Gasteiger partial charge >= 0.3 is 0 Å². The molecule has 1 unspecified atom stereocenters. The summed E-state index contributed by atoms with van der Waals surface area (Å²) in [7, 11) is 0. The molecular formula is C13H18N4O4. The molecule has 0 saturated carbocycles. The van der Waals surface area contributed by atoms with E-state index in [2.05, 4.69) is 10.7 Å². The van der Waals surface area contributed by atoms with Crippen LogP contribution in [-0.4, -0.2) is 30.1 Å². The number of hydrazine groups is 1. The molecular weight excluding hydrogens is 276 g/mol. The van der Waals surface area contributed by atoms with Crippen molar-refractivity contribution in [1.29, 1.82) is 0 Å². The summed E-state index contributed by atoms with van der Waals surface area (Å²) in [6.07, 6.45) is 2.96. The zero-order valence-corrected chi connectivity index (χ0v) is 11.5. The number of nitrogens with zero attached hydrogens (tertiary/aromatic N) is 1. The van der Waals surface area contributed by atoms with Crippen LogP contribution in [0.3, 0.4) is 0 Å². The fourth-order valence-electron chi connectivity index (χ4n) is 2.27. The SMILES string of the molecule is NNc1ccc([N+](=O)[O-])cc1C(=O)NCCC1CCCO1. The molecule has 1 aromatic rings. The molecule has 0 aromatic heterocycles. The smallest absolute Gasteiger partial charge is 0.270 e. The van der Waals surface area contributed by atoms with Gasteiger partial charge in [-0.15, -0.1) is 0 Å². The molecule has 0 aliphatic carbocycles. The lowest BCUT2D eigenvalue weighted by Crippen LogP contribution is -2.28. The first kappa shape index (κ1) is 15.2. The van der Waals surface area contributed by atoms with Gasteiger partial charge in [0, 0.05) is 25.3 Å². The van der Waals surface area contributed by atoms with Gasteiger partial charge in [0.2, 0.25) is 0 Å². The third kappa shape index (κ3) is 3.89. The maximum Gasteiger partial charge on any atom is 0.270 e. The van der Waals surface area contributed by atoms with Crippen LogP contribution in [0.2, 0.25) is 0 Å². The lowest BCUT2D eigenvalue weighted by Gasteiger charge is -2.12. The number of hydrogen-bond acceptors (Lipinski definition) is 6. The number of anilines is 1. The van der Waals surface area contributed by atoms with Crippen molar-refractivity contribution in [2.45, 2.75) is 25.4 Å². The minimum Gasteiger partial charge on any atom is -0.378 e. The molecule has 0 radical (unpaired) electrons.